The standard InChI is InChI=1S/C6H5ClN2O.ClH/c7-5-2-1-4(3-9-5)6(8)10;/h1-3H,(H2,8,10);1H. The number of aromatic nitrogens is 1. The molecular weight excluding hydrogens is 187 g/mol. The van der Waals surface area contributed by atoms with E-state index in [0.29, 0.717) is 10.7 Å². The van der Waals surface area contributed by atoms with Gasteiger partial charge in [0.25, 0.3) is 0 Å². The van der Waals surface area contributed by atoms with Gasteiger partial charge in [0.2, 0.25) is 5.91 Å². The van der Waals surface area contributed by atoms with Gasteiger partial charge in [0.15, 0.2) is 0 Å². The number of pyridine rings is 1. The molecule has 0 unspecified atom stereocenters. The van der Waals surface area contributed by atoms with Gasteiger partial charge in [-0.05, 0) is 12.1 Å². The van der Waals surface area contributed by atoms with Gasteiger partial charge >= 0.3 is 0 Å². The molecule has 5 heteroatoms. The van der Waals surface area contributed by atoms with Crippen molar-refractivity contribution < 1.29 is 4.79 Å². The van der Waals surface area contributed by atoms with Gasteiger partial charge in [-0.15, -0.1) is 12.4 Å². The normalized spacial score (nSPS) is 8.45. The van der Waals surface area contributed by atoms with Crippen molar-refractivity contribution in [1.82, 2.24) is 4.98 Å². The lowest BCUT2D eigenvalue weighted by Crippen LogP contribution is -2.10. The quantitative estimate of drug-likeness (QED) is 0.682. The van der Waals surface area contributed by atoms with Crippen molar-refractivity contribution in [2.45, 2.75) is 0 Å². The smallest absolute Gasteiger partial charge is 0.250 e. The van der Waals surface area contributed by atoms with Crippen molar-refractivity contribution in [3.63, 3.8) is 0 Å². The Kier molecular flexibility index (Phi) is 3.85. The van der Waals surface area contributed by atoms with Crippen LogP contribution in [0.5, 0.6) is 0 Å². The van der Waals surface area contributed by atoms with Gasteiger partial charge in [-0.1, -0.05) is 11.6 Å². The minimum Gasteiger partial charge on any atom is -0.366 e. The SMILES string of the molecule is Cl.NC(=O)c1ccc(Cl)nc1. The van der Waals surface area contributed by atoms with Crippen LogP contribution in [-0.4, -0.2) is 10.9 Å². The van der Waals surface area contributed by atoms with Crippen molar-refractivity contribution in [2.24, 2.45) is 5.73 Å². The van der Waals surface area contributed by atoms with Crippen molar-refractivity contribution in [3.05, 3.63) is 29.0 Å². The molecule has 0 aliphatic carbocycles. The van der Waals surface area contributed by atoms with Crippen LogP contribution >= 0.6 is 24.0 Å². The highest BCUT2D eigenvalue weighted by Crippen LogP contribution is 2.03. The lowest BCUT2D eigenvalue weighted by Gasteiger charge is -1.91. The van der Waals surface area contributed by atoms with Crippen LogP contribution in [-0.2, 0) is 0 Å². The summed E-state index contributed by atoms with van der Waals surface area (Å²) in [6, 6.07) is 3.04. The maximum atomic E-state index is 10.5. The number of primary amides is 1. The number of nitrogens with two attached hydrogens (primary N) is 1. The van der Waals surface area contributed by atoms with E-state index >= 15 is 0 Å². The van der Waals surface area contributed by atoms with Gasteiger partial charge in [0, 0.05) is 6.20 Å². The van der Waals surface area contributed by atoms with Gasteiger partial charge < -0.3 is 5.73 Å². The zero-order valence-corrected chi connectivity index (χ0v) is 7.02. The topological polar surface area (TPSA) is 56.0 Å². The second-order valence-electron chi connectivity index (χ2n) is 1.73. The fraction of sp³-hybridized carbons (Fsp3) is 0. The summed E-state index contributed by atoms with van der Waals surface area (Å²) in [7, 11) is 0. The number of rotatable bonds is 1. The van der Waals surface area contributed by atoms with Crippen molar-refractivity contribution in [1.29, 1.82) is 0 Å². The van der Waals surface area contributed by atoms with E-state index in [2.05, 4.69) is 4.98 Å². The molecule has 1 aromatic heterocycles. The molecule has 0 aromatic carbocycles. The Morgan fingerprint density at radius 3 is 2.55 bits per heavy atom. The van der Waals surface area contributed by atoms with E-state index in [4.69, 9.17) is 17.3 Å². The molecule has 0 bridgehead atoms. The summed E-state index contributed by atoms with van der Waals surface area (Å²) in [6.07, 6.45) is 1.34. The zero-order chi connectivity index (χ0) is 7.56. The van der Waals surface area contributed by atoms with E-state index in [-0.39, 0.29) is 12.4 Å². The van der Waals surface area contributed by atoms with Crippen LogP contribution in [0, 0.1) is 0 Å². The fourth-order valence-electron chi connectivity index (χ4n) is 0.522. The first kappa shape index (κ1) is 10.2. The number of hydrogen-bond donors (Lipinski definition) is 1. The Labute approximate surface area is 75.0 Å². The molecular formula is C6H6Cl2N2O. The number of hydrogen-bond acceptors (Lipinski definition) is 2. The van der Waals surface area contributed by atoms with E-state index in [1.165, 1.54) is 18.3 Å². The second-order valence-corrected chi connectivity index (χ2v) is 2.12. The molecule has 0 saturated heterocycles. The van der Waals surface area contributed by atoms with Crippen LogP contribution in [0.3, 0.4) is 0 Å². The third-order valence-electron chi connectivity index (χ3n) is 1.01. The molecule has 2 N–H and O–H groups in total. The van der Waals surface area contributed by atoms with Crippen molar-refractivity contribution in [3.8, 4) is 0 Å². The number of carbonyl (C=O) groups excluding carboxylic acids is 1. The van der Waals surface area contributed by atoms with Crippen LogP contribution in [0.4, 0.5) is 0 Å². The highest BCUT2D eigenvalue weighted by atomic mass is 35.5. The number of halogens is 2. The third-order valence-corrected chi connectivity index (χ3v) is 1.24. The molecule has 11 heavy (non-hydrogen) atoms. The average molecular weight is 193 g/mol. The largest absolute Gasteiger partial charge is 0.366 e. The lowest BCUT2D eigenvalue weighted by molar-refractivity contribution is 0.1000. The maximum Gasteiger partial charge on any atom is 0.250 e. The first-order valence-corrected chi connectivity index (χ1v) is 2.99. The molecule has 1 amide bonds. The summed E-state index contributed by atoms with van der Waals surface area (Å²) in [6.45, 7) is 0. The molecule has 60 valence electrons. The zero-order valence-electron chi connectivity index (χ0n) is 5.45. The van der Waals surface area contributed by atoms with Gasteiger partial charge in [-0.3, -0.25) is 4.79 Å². The first-order valence-electron chi connectivity index (χ1n) is 2.61. The predicted octanol–water partition coefficient (Wildman–Crippen LogP) is 1.26. The van der Waals surface area contributed by atoms with E-state index in [9.17, 15) is 4.79 Å². The van der Waals surface area contributed by atoms with E-state index in [0.717, 1.165) is 0 Å². The molecule has 0 aliphatic rings. The highest BCUT2D eigenvalue weighted by molar-refractivity contribution is 6.29. The van der Waals surface area contributed by atoms with Crippen LogP contribution in [0.25, 0.3) is 0 Å². The highest BCUT2D eigenvalue weighted by Gasteiger charge is 1.97. The molecule has 0 fully saturated rings. The summed E-state index contributed by atoms with van der Waals surface area (Å²) in [4.78, 5) is 14.1. The van der Waals surface area contributed by atoms with E-state index in [1.807, 2.05) is 0 Å². The van der Waals surface area contributed by atoms with Gasteiger partial charge in [0.05, 0.1) is 5.56 Å². The minimum absolute atomic E-state index is 0. The Morgan fingerprint density at radius 1 is 1.55 bits per heavy atom. The maximum absolute atomic E-state index is 10.5. The van der Waals surface area contributed by atoms with Gasteiger partial charge in [-0.25, -0.2) is 4.98 Å². The monoisotopic (exact) mass is 192 g/mol. The summed E-state index contributed by atoms with van der Waals surface area (Å²) < 4.78 is 0. The Morgan fingerprint density at radius 2 is 2.18 bits per heavy atom. The number of carbonyl (C=O) groups is 1. The molecule has 1 rings (SSSR count). The Bertz CT molecular complexity index is 247. The molecule has 0 aliphatic heterocycles. The third kappa shape index (κ3) is 2.74. The van der Waals surface area contributed by atoms with Crippen molar-refractivity contribution in [2.75, 3.05) is 0 Å². The molecule has 1 aromatic rings. The Hall–Kier alpha value is -0.800. The molecule has 0 radical (unpaired) electrons. The van der Waals surface area contributed by atoms with Crippen LogP contribution < -0.4 is 5.73 Å². The number of amides is 1. The molecule has 3 nitrogen and oxygen atoms in total. The summed E-state index contributed by atoms with van der Waals surface area (Å²) in [5, 5.41) is 0.352. The Balaban J connectivity index is 0.000001000. The van der Waals surface area contributed by atoms with Gasteiger partial charge in [0.1, 0.15) is 5.15 Å². The van der Waals surface area contributed by atoms with Crippen molar-refractivity contribution >= 4 is 29.9 Å². The molecule has 0 spiro atoms. The van der Waals surface area contributed by atoms with E-state index in [1.54, 1.807) is 0 Å². The fourth-order valence-corrected chi connectivity index (χ4v) is 0.633. The minimum atomic E-state index is -0.496. The first-order chi connectivity index (χ1) is 4.70. The number of nitrogens with zero attached hydrogens (tertiary/aromatic N) is 1. The second kappa shape index (κ2) is 4.16. The predicted molar refractivity (Wildman–Crippen MR) is 45.0 cm³/mol. The van der Waals surface area contributed by atoms with E-state index < -0.39 is 5.91 Å². The molecule has 0 atom stereocenters. The van der Waals surface area contributed by atoms with Crippen LogP contribution in [0.2, 0.25) is 5.15 Å². The van der Waals surface area contributed by atoms with Crippen LogP contribution in [0.15, 0.2) is 18.3 Å². The molecule has 0 saturated carbocycles. The molecule has 1 heterocycles. The lowest BCUT2D eigenvalue weighted by atomic mass is 10.3. The average Bonchev–Trinajstić information content (AvgIpc) is 1.88. The van der Waals surface area contributed by atoms with Gasteiger partial charge in [-0.2, -0.15) is 0 Å². The summed E-state index contributed by atoms with van der Waals surface area (Å²) >= 11 is 5.45. The van der Waals surface area contributed by atoms with Crippen LogP contribution in [0.1, 0.15) is 10.4 Å². The summed E-state index contributed by atoms with van der Waals surface area (Å²) in [5.74, 6) is -0.496. The summed E-state index contributed by atoms with van der Waals surface area (Å²) in [5.41, 5.74) is 5.31.